The zero-order valence-electron chi connectivity index (χ0n) is 10.6. The van der Waals surface area contributed by atoms with E-state index in [4.69, 9.17) is 9.84 Å². The van der Waals surface area contributed by atoms with E-state index < -0.39 is 5.97 Å². The molecule has 1 aromatic heterocycles. The van der Waals surface area contributed by atoms with E-state index in [1.54, 1.807) is 0 Å². The van der Waals surface area contributed by atoms with Crippen LogP contribution in [0.1, 0.15) is 31.7 Å². The topological polar surface area (TPSA) is 62.3 Å². The fraction of sp³-hybridized carbons (Fsp3) is 0.357. The molecule has 2 rings (SSSR count). The molecule has 1 atom stereocenters. The zero-order valence-corrected chi connectivity index (χ0v) is 10.6. The van der Waals surface area contributed by atoms with Crippen LogP contribution in [0.3, 0.4) is 0 Å². The molecule has 4 nitrogen and oxygen atoms in total. The van der Waals surface area contributed by atoms with Crippen molar-refractivity contribution in [3.05, 3.63) is 30.0 Å². The molecular formula is C14H17NO3. The van der Waals surface area contributed by atoms with Gasteiger partial charge < -0.3 is 14.8 Å². The van der Waals surface area contributed by atoms with Gasteiger partial charge in [-0.2, -0.15) is 0 Å². The van der Waals surface area contributed by atoms with Crippen LogP contribution in [-0.4, -0.2) is 22.7 Å². The fourth-order valence-electron chi connectivity index (χ4n) is 2.16. The summed E-state index contributed by atoms with van der Waals surface area (Å²) in [6.07, 6.45) is 2.01. The van der Waals surface area contributed by atoms with Gasteiger partial charge >= 0.3 is 5.97 Å². The Morgan fingerprint density at radius 3 is 2.94 bits per heavy atom. The zero-order chi connectivity index (χ0) is 13.1. The van der Waals surface area contributed by atoms with Gasteiger partial charge in [-0.3, -0.25) is 4.79 Å². The Bertz CT molecular complexity index is 559. The lowest BCUT2D eigenvalue weighted by atomic mass is 9.97. The highest BCUT2D eigenvalue weighted by Gasteiger charge is 2.14. The predicted octanol–water partition coefficient (Wildman–Crippen LogP) is 3.14. The van der Waals surface area contributed by atoms with Crippen LogP contribution in [0.5, 0.6) is 5.75 Å². The lowest BCUT2D eigenvalue weighted by Crippen LogP contribution is -2.02. The van der Waals surface area contributed by atoms with E-state index in [1.165, 1.54) is 0 Å². The van der Waals surface area contributed by atoms with Crippen LogP contribution < -0.4 is 4.74 Å². The summed E-state index contributed by atoms with van der Waals surface area (Å²) in [6.45, 7) is 4.48. The van der Waals surface area contributed by atoms with Gasteiger partial charge in [0, 0.05) is 17.1 Å². The number of carboxylic acids is 1. The van der Waals surface area contributed by atoms with Gasteiger partial charge in [0.25, 0.3) is 0 Å². The maximum atomic E-state index is 10.8. The fourth-order valence-corrected chi connectivity index (χ4v) is 2.16. The number of rotatable bonds is 5. The van der Waals surface area contributed by atoms with Crippen LogP contribution in [0.4, 0.5) is 0 Å². The van der Waals surface area contributed by atoms with Crippen LogP contribution in [-0.2, 0) is 4.79 Å². The van der Waals surface area contributed by atoms with Gasteiger partial charge in [-0.25, -0.2) is 0 Å². The first kappa shape index (κ1) is 12.5. The quantitative estimate of drug-likeness (QED) is 0.853. The van der Waals surface area contributed by atoms with Crippen molar-refractivity contribution in [1.29, 1.82) is 0 Å². The minimum Gasteiger partial charge on any atom is -0.494 e. The first-order valence-electron chi connectivity index (χ1n) is 6.07. The maximum absolute atomic E-state index is 10.8. The third-order valence-corrected chi connectivity index (χ3v) is 3.01. The summed E-state index contributed by atoms with van der Waals surface area (Å²) in [6, 6.07) is 5.83. The monoisotopic (exact) mass is 247 g/mol. The Hall–Kier alpha value is -1.97. The van der Waals surface area contributed by atoms with E-state index in [-0.39, 0.29) is 12.3 Å². The van der Waals surface area contributed by atoms with E-state index in [0.29, 0.717) is 6.61 Å². The molecular weight excluding hydrogens is 230 g/mol. The molecule has 0 aliphatic rings. The van der Waals surface area contributed by atoms with E-state index in [2.05, 4.69) is 4.98 Å². The second-order valence-corrected chi connectivity index (χ2v) is 4.38. The molecule has 0 saturated heterocycles. The summed E-state index contributed by atoms with van der Waals surface area (Å²) in [4.78, 5) is 13.9. The number of carboxylic acid groups (broad SMARTS) is 1. The van der Waals surface area contributed by atoms with Gasteiger partial charge in [0.15, 0.2) is 0 Å². The van der Waals surface area contributed by atoms with Crippen molar-refractivity contribution >= 4 is 16.9 Å². The number of aromatic amines is 1. The molecule has 1 aromatic carbocycles. The van der Waals surface area contributed by atoms with Gasteiger partial charge in [0.2, 0.25) is 0 Å². The van der Waals surface area contributed by atoms with Crippen molar-refractivity contribution in [2.75, 3.05) is 6.61 Å². The number of carbonyl (C=O) groups is 1. The number of H-pyrrole nitrogens is 1. The summed E-state index contributed by atoms with van der Waals surface area (Å²) in [5, 5.41) is 9.90. The number of fused-ring (bicyclic) bond motifs is 1. The largest absolute Gasteiger partial charge is 0.494 e. The van der Waals surface area contributed by atoms with Gasteiger partial charge in [0.1, 0.15) is 5.75 Å². The molecule has 4 heteroatoms. The van der Waals surface area contributed by atoms with E-state index in [1.807, 2.05) is 38.2 Å². The molecule has 0 amide bonds. The Labute approximate surface area is 106 Å². The second-order valence-electron chi connectivity index (χ2n) is 4.38. The van der Waals surface area contributed by atoms with Crippen molar-refractivity contribution in [3.63, 3.8) is 0 Å². The minimum absolute atomic E-state index is 0.0203. The van der Waals surface area contributed by atoms with E-state index in [9.17, 15) is 4.79 Å². The molecule has 0 fully saturated rings. The average Bonchev–Trinajstić information content (AvgIpc) is 2.71. The van der Waals surface area contributed by atoms with Crippen molar-refractivity contribution in [1.82, 2.24) is 4.98 Å². The Morgan fingerprint density at radius 2 is 2.28 bits per heavy atom. The average molecular weight is 247 g/mol. The summed E-state index contributed by atoms with van der Waals surface area (Å²) in [5.74, 6) is 0.0133. The number of hydrogen-bond donors (Lipinski definition) is 2. The van der Waals surface area contributed by atoms with Crippen LogP contribution in [0.25, 0.3) is 10.9 Å². The van der Waals surface area contributed by atoms with Gasteiger partial charge in [-0.15, -0.1) is 0 Å². The molecule has 1 heterocycles. The number of aromatic nitrogens is 1. The summed E-state index contributed by atoms with van der Waals surface area (Å²) in [5.41, 5.74) is 2.03. The predicted molar refractivity (Wildman–Crippen MR) is 70.1 cm³/mol. The normalized spacial score (nSPS) is 12.6. The van der Waals surface area contributed by atoms with Gasteiger partial charge in [-0.05, 0) is 36.6 Å². The Kier molecular flexibility index (Phi) is 3.55. The highest BCUT2D eigenvalue weighted by atomic mass is 16.5. The number of ether oxygens (including phenoxy) is 1. The molecule has 1 unspecified atom stereocenters. The first-order valence-corrected chi connectivity index (χ1v) is 6.07. The molecule has 2 aromatic rings. The molecule has 0 radical (unpaired) electrons. The standard InChI is InChI=1S/C14H17NO3/c1-3-18-10-4-5-13-11(7-10)12(8-15-13)9(2)6-14(16)17/h4-5,7-9,15H,3,6H2,1-2H3,(H,16,17). The highest BCUT2D eigenvalue weighted by molar-refractivity contribution is 5.85. The van der Waals surface area contributed by atoms with Crippen LogP contribution in [0, 0.1) is 0 Å². The lowest BCUT2D eigenvalue weighted by Gasteiger charge is -2.08. The molecule has 2 N–H and O–H groups in total. The SMILES string of the molecule is CCOc1ccc2[nH]cc(C(C)CC(=O)O)c2c1. The second kappa shape index (κ2) is 5.12. The van der Waals surface area contributed by atoms with Crippen LogP contribution >= 0.6 is 0 Å². The van der Waals surface area contributed by atoms with Crippen molar-refractivity contribution in [2.24, 2.45) is 0 Å². The number of aliphatic carboxylic acids is 1. The van der Waals surface area contributed by atoms with E-state index in [0.717, 1.165) is 22.2 Å². The third kappa shape index (κ3) is 2.47. The van der Waals surface area contributed by atoms with Crippen LogP contribution in [0.2, 0.25) is 0 Å². The van der Waals surface area contributed by atoms with E-state index >= 15 is 0 Å². The summed E-state index contributed by atoms with van der Waals surface area (Å²) >= 11 is 0. The maximum Gasteiger partial charge on any atom is 0.303 e. The molecule has 0 saturated carbocycles. The lowest BCUT2D eigenvalue weighted by molar-refractivity contribution is -0.137. The number of nitrogens with one attached hydrogen (secondary N) is 1. The summed E-state index contributed by atoms with van der Waals surface area (Å²) < 4.78 is 5.47. The highest BCUT2D eigenvalue weighted by Crippen LogP contribution is 2.30. The molecule has 18 heavy (non-hydrogen) atoms. The van der Waals surface area contributed by atoms with Crippen molar-refractivity contribution in [2.45, 2.75) is 26.2 Å². The van der Waals surface area contributed by atoms with Gasteiger partial charge in [0.05, 0.1) is 13.0 Å². The van der Waals surface area contributed by atoms with Crippen molar-refractivity contribution < 1.29 is 14.6 Å². The minimum atomic E-state index is -0.780. The Morgan fingerprint density at radius 1 is 1.50 bits per heavy atom. The van der Waals surface area contributed by atoms with Crippen LogP contribution in [0.15, 0.2) is 24.4 Å². The smallest absolute Gasteiger partial charge is 0.303 e. The first-order chi connectivity index (χ1) is 8.61. The molecule has 0 aliphatic heterocycles. The summed E-state index contributed by atoms with van der Waals surface area (Å²) in [7, 11) is 0. The van der Waals surface area contributed by atoms with Gasteiger partial charge in [-0.1, -0.05) is 6.92 Å². The van der Waals surface area contributed by atoms with Crippen molar-refractivity contribution in [3.8, 4) is 5.75 Å². The number of hydrogen-bond acceptors (Lipinski definition) is 2. The molecule has 0 aliphatic carbocycles. The Balaban J connectivity index is 2.38. The molecule has 0 spiro atoms. The molecule has 96 valence electrons. The third-order valence-electron chi connectivity index (χ3n) is 3.01. The molecule has 0 bridgehead atoms. The number of benzene rings is 1.